The van der Waals surface area contributed by atoms with Crippen molar-refractivity contribution in [1.82, 2.24) is 10.2 Å². The number of para-hydroxylation sites is 1. The number of hydrogen-bond acceptors (Lipinski definition) is 3. The van der Waals surface area contributed by atoms with Gasteiger partial charge in [0.1, 0.15) is 12.4 Å². The number of benzene rings is 1. The molecule has 1 atom stereocenters. The van der Waals surface area contributed by atoms with Crippen molar-refractivity contribution >= 4 is 6.03 Å². The molecule has 20 heavy (non-hydrogen) atoms. The second kappa shape index (κ2) is 8.43. The molecule has 0 bridgehead atoms. The maximum Gasteiger partial charge on any atom is 0.317 e. The molecule has 5 heteroatoms. The minimum atomic E-state index is -0.538. The van der Waals surface area contributed by atoms with E-state index in [9.17, 15) is 9.90 Å². The average Bonchev–Trinajstić information content (AvgIpc) is 2.41. The first-order chi connectivity index (χ1) is 9.50. The molecule has 0 saturated heterocycles. The van der Waals surface area contributed by atoms with E-state index in [1.807, 2.05) is 44.2 Å². The number of amides is 2. The first kappa shape index (κ1) is 16.3. The van der Waals surface area contributed by atoms with E-state index in [0.29, 0.717) is 19.7 Å². The molecule has 0 fully saturated rings. The van der Waals surface area contributed by atoms with Crippen LogP contribution >= 0.6 is 0 Å². The van der Waals surface area contributed by atoms with E-state index in [1.165, 1.54) is 0 Å². The summed E-state index contributed by atoms with van der Waals surface area (Å²) >= 11 is 0. The molecule has 0 aromatic heterocycles. The van der Waals surface area contributed by atoms with Crippen LogP contribution < -0.4 is 10.1 Å². The highest BCUT2D eigenvalue weighted by molar-refractivity contribution is 5.74. The lowest BCUT2D eigenvalue weighted by molar-refractivity contribution is 0.118. The van der Waals surface area contributed by atoms with E-state index in [0.717, 1.165) is 5.75 Å². The Kier molecular flexibility index (Phi) is 6.87. The maximum atomic E-state index is 12.0. The van der Waals surface area contributed by atoms with E-state index in [2.05, 4.69) is 5.32 Å². The van der Waals surface area contributed by atoms with Crippen molar-refractivity contribution in [3.05, 3.63) is 30.3 Å². The number of aliphatic hydroxyl groups excluding tert-OH is 1. The zero-order valence-electron chi connectivity index (χ0n) is 12.4. The smallest absolute Gasteiger partial charge is 0.317 e. The molecule has 1 rings (SSSR count). The zero-order valence-corrected chi connectivity index (χ0v) is 12.4. The molecule has 2 N–H and O–H groups in total. The summed E-state index contributed by atoms with van der Waals surface area (Å²) in [5.41, 5.74) is 0. The van der Waals surface area contributed by atoms with Crippen molar-refractivity contribution in [2.24, 2.45) is 0 Å². The third-order valence-electron chi connectivity index (χ3n) is 2.74. The van der Waals surface area contributed by atoms with Gasteiger partial charge in [-0.3, -0.25) is 0 Å². The van der Waals surface area contributed by atoms with Gasteiger partial charge in [0.15, 0.2) is 0 Å². The van der Waals surface area contributed by atoms with Crippen molar-refractivity contribution < 1.29 is 14.6 Å². The number of hydrogen-bond donors (Lipinski definition) is 2. The Balaban J connectivity index is 2.30. The summed E-state index contributed by atoms with van der Waals surface area (Å²) in [6.45, 7) is 6.67. The maximum absolute atomic E-state index is 12.0. The van der Waals surface area contributed by atoms with Gasteiger partial charge in [0.25, 0.3) is 0 Å². The minimum Gasteiger partial charge on any atom is -0.492 e. The standard InChI is InChI=1S/C15H24N2O3/c1-12(2)17(11-13(3)18)15(19)16-9-10-20-14-7-5-4-6-8-14/h4-8,12-13,18H,9-11H2,1-3H3,(H,16,19). The predicted molar refractivity (Wildman–Crippen MR) is 78.9 cm³/mol. The van der Waals surface area contributed by atoms with Crippen molar-refractivity contribution in [3.8, 4) is 5.75 Å². The highest BCUT2D eigenvalue weighted by atomic mass is 16.5. The van der Waals surface area contributed by atoms with Crippen LogP contribution in [-0.4, -0.2) is 47.9 Å². The molecule has 0 radical (unpaired) electrons. The Morgan fingerprint density at radius 2 is 1.95 bits per heavy atom. The number of aliphatic hydroxyl groups is 1. The number of carbonyl (C=O) groups is 1. The largest absolute Gasteiger partial charge is 0.492 e. The average molecular weight is 280 g/mol. The summed E-state index contributed by atoms with van der Waals surface area (Å²) < 4.78 is 5.50. The van der Waals surface area contributed by atoms with E-state index in [1.54, 1.807) is 11.8 Å². The molecule has 112 valence electrons. The summed E-state index contributed by atoms with van der Waals surface area (Å²) in [5, 5.41) is 12.2. The van der Waals surface area contributed by atoms with Gasteiger partial charge in [-0.25, -0.2) is 4.79 Å². The van der Waals surface area contributed by atoms with E-state index in [-0.39, 0.29) is 12.1 Å². The van der Waals surface area contributed by atoms with Crippen LogP contribution in [0.3, 0.4) is 0 Å². The van der Waals surface area contributed by atoms with Gasteiger partial charge in [-0.1, -0.05) is 18.2 Å². The monoisotopic (exact) mass is 280 g/mol. The van der Waals surface area contributed by atoms with Gasteiger partial charge in [0.2, 0.25) is 0 Å². The van der Waals surface area contributed by atoms with Crippen LogP contribution in [0.4, 0.5) is 4.79 Å². The second-order valence-corrected chi connectivity index (χ2v) is 4.99. The minimum absolute atomic E-state index is 0.0413. The molecule has 0 aliphatic heterocycles. The van der Waals surface area contributed by atoms with Gasteiger partial charge in [0, 0.05) is 12.6 Å². The van der Waals surface area contributed by atoms with Gasteiger partial charge < -0.3 is 20.1 Å². The molecule has 0 aliphatic rings. The molecular formula is C15H24N2O3. The predicted octanol–water partition coefficient (Wildman–Crippen LogP) is 1.87. The van der Waals surface area contributed by atoms with Crippen LogP contribution in [0.15, 0.2) is 30.3 Å². The lowest BCUT2D eigenvalue weighted by atomic mass is 10.3. The molecule has 1 unspecified atom stereocenters. The Morgan fingerprint density at radius 3 is 2.50 bits per heavy atom. The Hall–Kier alpha value is -1.75. The zero-order chi connectivity index (χ0) is 15.0. The first-order valence-corrected chi connectivity index (χ1v) is 6.91. The van der Waals surface area contributed by atoms with E-state index in [4.69, 9.17) is 4.74 Å². The molecule has 1 aromatic rings. The molecule has 1 aromatic carbocycles. The lowest BCUT2D eigenvalue weighted by Gasteiger charge is -2.28. The number of nitrogens with one attached hydrogen (secondary N) is 1. The number of nitrogens with zero attached hydrogens (tertiary/aromatic N) is 1. The van der Waals surface area contributed by atoms with Gasteiger partial charge in [0.05, 0.1) is 12.6 Å². The second-order valence-electron chi connectivity index (χ2n) is 4.99. The van der Waals surface area contributed by atoms with Crippen LogP contribution in [0, 0.1) is 0 Å². The van der Waals surface area contributed by atoms with E-state index < -0.39 is 6.10 Å². The molecule has 0 aliphatic carbocycles. The Labute approximate surface area is 120 Å². The molecule has 0 saturated carbocycles. The Bertz CT molecular complexity index is 393. The fourth-order valence-electron chi connectivity index (χ4n) is 1.76. The van der Waals surface area contributed by atoms with Crippen LogP contribution in [0.5, 0.6) is 5.75 Å². The van der Waals surface area contributed by atoms with Crippen LogP contribution in [0.25, 0.3) is 0 Å². The summed E-state index contributed by atoms with van der Waals surface area (Å²) in [4.78, 5) is 13.6. The summed E-state index contributed by atoms with van der Waals surface area (Å²) in [6, 6.07) is 9.32. The highest BCUT2D eigenvalue weighted by Crippen LogP contribution is 2.07. The van der Waals surface area contributed by atoms with Crippen molar-refractivity contribution in [3.63, 3.8) is 0 Å². The number of rotatable bonds is 7. The van der Waals surface area contributed by atoms with Gasteiger partial charge in [-0.15, -0.1) is 0 Å². The summed E-state index contributed by atoms with van der Waals surface area (Å²) in [7, 11) is 0. The Morgan fingerprint density at radius 1 is 1.30 bits per heavy atom. The van der Waals surface area contributed by atoms with Gasteiger partial charge in [-0.2, -0.15) is 0 Å². The van der Waals surface area contributed by atoms with Crippen molar-refractivity contribution in [2.75, 3.05) is 19.7 Å². The van der Waals surface area contributed by atoms with Crippen LogP contribution in [-0.2, 0) is 0 Å². The highest BCUT2D eigenvalue weighted by Gasteiger charge is 2.17. The van der Waals surface area contributed by atoms with Crippen LogP contribution in [0.1, 0.15) is 20.8 Å². The fraction of sp³-hybridized carbons (Fsp3) is 0.533. The molecule has 5 nitrogen and oxygen atoms in total. The van der Waals surface area contributed by atoms with Crippen molar-refractivity contribution in [2.45, 2.75) is 32.9 Å². The topological polar surface area (TPSA) is 61.8 Å². The van der Waals surface area contributed by atoms with Gasteiger partial charge >= 0.3 is 6.03 Å². The fourth-order valence-corrected chi connectivity index (χ4v) is 1.76. The quantitative estimate of drug-likeness (QED) is 0.750. The number of urea groups is 1. The van der Waals surface area contributed by atoms with E-state index >= 15 is 0 Å². The van der Waals surface area contributed by atoms with Crippen LogP contribution in [0.2, 0.25) is 0 Å². The lowest BCUT2D eigenvalue weighted by Crippen LogP contribution is -2.47. The first-order valence-electron chi connectivity index (χ1n) is 6.91. The molecular weight excluding hydrogens is 256 g/mol. The third-order valence-corrected chi connectivity index (χ3v) is 2.74. The summed E-state index contributed by atoms with van der Waals surface area (Å²) in [6.07, 6.45) is -0.538. The third kappa shape index (κ3) is 5.93. The summed E-state index contributed by atoms with van der Waals surface area (Å²) in [5.74, 6) is 0.784. The number of carbonyl (C=O) groups excluding carboxylic acids is 1. The molecule has 0 spiro atoms. The van der Waals surface area contributed by atoms with Crippen molar-refractivity contribution in [1.29, 1.82) is 0 Å². The van der Waals surface area contributed by atoms with Gasteiger partial charge in [-0.05, 0) is 32.9 Å². The normalized spacial score (nSPS) is 12.1. The molecule has 2 amide bonds. The number of ether oxygens (including phenoxy) is 1. The SMILES string of the molecule is CC(O)CN(C(=O)NCCOc1ccccc1)C(C)C. The molecule has 0 heterocycles.